The molecule has 2 aromatic heterocycles. The van der Waals surface area contributed by atoms with Gasteiger partial charge in [0.15, 0.2) is 12.3 Å². The molecule has 0 spiro atoms. The molecule has 32 heavy (non-hydrogen) atoms. The summed E-state index contributed by atoms with van der Waals surface area (Å²) in [5.74, 6) is -3.21. The maximum atomic E-state index is 13.7. The fraction of sp³-hybridized carbons (Fsp3) is 0.130. The van der Waals surface area contributed by atoms with Crippen molar-refractivity contribution in [2.75, 3.05) is 11.9 Å². The Morgan fingerprint density at radius 1 is 1.09 bits per heavy atom. The number of nitrogens with zero attached hydrogens (tertiary/aromatic N) is 3. The Morgan fingerprint density at radius 2 is 1.88 bits per heavy atom. The predicted molar refractivity (Wildman–Crippen MR) is 114 cm³/mol. The highest BCUT2D eigenvalue weighted by Crippen LogP contribution is 2.25. The molecule has 0 bridgehead atoms. The van der Waals surface area contributed by atoms with Crippen molar-refractivity contribution in [2.45, 2.75) is 13.5 Å². The van der Waals surface area contributed by atoms with Gasteiger partial charge in [0.2, 0.25) is 0 Å². The van der Waals surface area contributed by atoms with E-state index >= 15 is 0 Å². The molecule has 1 N–H and O–H groups in total. The van der Waals surface area contributed by atoms with Crippen LogP contribution < -0.4 is 5.32 Å². The van der Waals surface area contributed by atoms with Gasteiger partial charge in [0, 0.05) is 18.2 Å². The Hall–Kier alpha value is -4.14. The van der Waals surface area contributed by atoms with Gasteiger partial charge in [-0.25, -0.2) is 23.2 Å². The van der Waals surface area contributed by atoms with Gasteiger partial charge in [0.05, 0.1) is 28.5 Å². The van der Waals surface area contributed by atoms with Gasteiger partial charge in [-0.05, 0) is 25.1 Å². The third-order valence-electron chi connectivity index (χ3n) is 4.74. The zero-order valence-corrected chi connectivity index (χ0v) is 17.0. The van der Waals surface area contributed by atoms with Gasteiger partial charge < -0.3 is 10.1 Å². The molecular formula is C23H18F2N4O3. The zero-order chi connectivity index (χ0) is 22.7. The van der Waals surface area contributed by atoms with Gasteiger partial charge >= 0.3 is 5.97 Å². The van der Waals surface area contributed by atoms with Crippen LogP contribution in [0.15, 0.2) is 60.8 Å². The lowest BCUT2D eigenvalue weighted by Crippen LogP contribution is -2.21. The lowest BCUT2D eigenvalue weighted by molar-refractivity contribution is -0.119. The SMILES string of the molecule is CCn1ncc2c(C(=O)OCC(=O)Nc3ccc(F)cc3F)cc(-c3ccccc3)nc21. The second-order valence-corrected chi connectivity index (χ2v) is 6.87. The van der Waals surface area contributed by atoms with Crippen molar-refractivity contribution < 1.29 is 23.1 Å². The Labute approximate surface area is 181 Å². The molecule has 0 unspecified atom stereocenters. The molecule has 0 aliphatic rings. The van der Waals surface area contributed by atoms with Gasteiger partial charge in [0.25, 0.3) is 5.91 Å². The number of fused-ring (bicyclic) bond motifs is 1. The number of amides is 1. The quantitative estimate of drug-likeness (QED) is 0.458. The fourth-order valence-electron chi connectivity index (χ4n) is 3.19. The molecular weight excluding hydrogens is 418 g/mol. The number of carbonyl (C=O) groups excluding carboxylic acids is 2. The van der Waals surface area contributed by atoms with E-state index in [4.69, 9.17) is 4.74 Å². The van der Waals surface area contributed by atoms with Gasteiger partial charge in [0.1, 0.15) is 11.6 Å². The average molecular weight is 436 g/mol. The number of carbonyl (C=O) groups is 2. The summed E-state index contributed by atoms with van der Waals surface area (Å²) in [6.07, 6.45) is 1.52. The minimum atomic E-state index is -0.931. The molecule has 4 rings (SSSR count). The van der Waals surface area contributed by atoms with Gasteiger partial charge in [-0.2, -0.15) is 5.10 Å². The average Bonchev–Trinajstić information content (AvgIpc) is 3.22. The first-order valence-corrected chi connectivity index (χ1v) is 9.80. The number of aromatic nitrogens is 3. The monoisotopic (exact) mass is 436 g/mol. The second-order valence-electron chi connectivity index (χ2n) is 6.87. The third kappa shape index (κ3) is 4.31. The number of anilines is 1. The van der Waals surface area contributed by atoms with E-state index in [1.54, 1.807) is 10.7 Å². The number of esters is 1. The Bertz CT molecular complexity index is 1310. The van der Waals surface area contributed by atoms with E-state index < -0.39 is 30.1 Å². The number of ether oxygens (including phenoxy) is 1. The standard InChI is InChI=1S/C23H18F2N4O3/c1-2-29-22-17(12-26-29)16(11-20(28-22)14-6-4-3-5-7-14)23(31)32-13-21(30)27-19-9-8-15(24)10-18(19)25/h3-12H,2,13H2,1H3,(H,27,30). The van der Waals surface area contributed by atoms with E-state index in [1.165, 1.54) is 6.20 Å². The van der Waals surface area contributed by atoms with Gasteiger partial charge in [-0.15, -0.1) is 0 Å². The lowest BCUT2D eigenvalue weighted by Gasteiger charge is -2.10. The third-order valence-corrected chi connectivity index (χ3v) is 4.74. The molecule has 0 atom stereocenters. The molecule has 4 aromatic rings. The first kappa shape index (κ1) is 21.1. The van der Waals surface area contributed by atoms with Crippen molar-refractivity contribution in [3.05, 3.63) is 78.0 Å². The number of hydrogen-bond acceptors (Lipinski definition) is 5. The van der Waals surface area contributed by atoms with Crippen molar-refractivity contribution >= 4 is 28.6 Å². The topological polar surface area (TPSA) is 86.1 Å². The van der Waals surface area contributed by atoms with E-state index in [9.17, 15) is 18.4 Å². The van der Waals surface area contributed by atoms with Crippen LogP contribution in [0.5, 0.6) is 0 Å². The molecule has 0 aliphatic carbocycles. The molecule has 0 radical (unpaired) electrons. The minimum Gasteiger partial charge on any atom is -0.452 e. The molecule has 9 heteroatoms. The number of pyridine rings is 1. The number of aryl methyl sites for hydroxylation is 1. The molecule has 0 saturated carbocycles. The molecule has 2 heterocycles. The van der Waals surface area contributed by atoms with Crippen molar-refractivity contribution in [3.8, 4) is 11.3 Å². The number of rotatable bonds is 6. The second kappa shape index (κ2) is 8.93. The zero-order valence-electron chi connectivity index (χ0n) is 17.0. The maximum absolute atomic E-state index is 13.7. The van der Waals surface area contributed by atoms with Crippen LogP contribution in [0.1, 0.15) is 17.3 Å². The molecule has 0 fully saturated rings. The van der Waals surface area contributed by atoms with Crippen LogP contribution in [-0.4, -0.2) is 33.2 Å². The molecule has 162 valence electrons. The number of halogens is 2. The number of hydrogen-bond donors (Lipinski definition) is 1. The molecule has 7 nitrogen and oxygen atoms in total. The predicted octanol–water partition coefficient (Wildman–Crippen LogP) is 4.19. The molecule has 1 amide bonds. The first-order chi connectivity index (χ1) is 15.5. The van der Waals surface area contributed by atoms with Crippen LogP contribution in [-0.2, 0) is 16.1 Å². The normalized spacial score (nSPS) is 10.8. The largest absolute Gasteiger partial charge is 0.452 e. The highest BCUT2D eigenvalue weighted by Gasteiger charge is 2.19. The summed E-state index contributed by atoms with van der Waals surface area (Å²) in [7, 11) is 0. The van der Waals surface area contributed by atoms with Crippen LogP contribution >= 0.6 is 0 Å². The Balaban J connectivity index is 1.57. The van der Waals surface area contributed by atoms with Crippen molar-refractivity contribution in [1.82, 2.24) is 14.8 Å². The maximum Gasteiger partial charge on any atom is 0.339 e. The van der Waals surface area contributed by atoms with Gasteiger partial charge in [-0.1, -0.05) is 30.3 Å². The number of benzene rings is 2. The van der Waals surface area contributed by atoms with Gasteiger partial charge in [-0.3, -0.25) is 4.79 Å². The summed E-state index contributed by atoms with van der Waals surface area (Å²) < 4.78 is 33.5. The first-order valence-electron chi connectivity index (χ1n) is 9.80. The summed E-state index contributed by atoms with van der Waals surface area (Å²) in [4.78, 5) is 29.6. The molecule has 0 aliphatic heterocycles. The summed E-state index contributed by atoms with van der Waals surface area (Å²) in [6, 6.07) is 13.6. The summed E-state index contributed by atoms with van der Waals surface area (Å²) in [5.41, 5.74) is 1.86. The lowest BCUT2D eigenvalue weighted by atomic mass is 10.1. The summed E-state index contributed by atoms with van der Waals surface area (Å²) >= 11 is 0. The van der Waals surface area contributed by atoms with Crippen LogP contribution in [0, 0.1) is 11.6 Å². The van der Waals surface area contributed by atoms with Crippen molar-refractivity contribution in [3.63, 3.8) is 0 Å². The van der Waals surface area contributed by atoms with Crippen LogP contribution in [0.2, 0.25) is 0 Å². The van der Waals surface area contributed by atoms with E-state index in [2.05, 4.69) is 15.4 Å². The smallest absolute Gasteiger partial charge is 0.339 e. The van der Waals surface area contributed by atoms with Crippen molar-refractivity contribution in [2.24, 2.45) is 0 Å². The minimum absolute atomic E-state index is 0.203. The number of nitrogens with one attached hydrogen (secondary N) is 1. The molecule has 2 aromatic carbocycles. The highest BCUT2D eigenvalue weighted by atomic mass is 19.1. The van der Waals surface area contributed by atoms with Crippen LogP contribution in [0.4, 0.5) is 14.5 Å². The van der Waals surface area contributed by atoms with Crippen molar-refractivity contribution in [1.29, 1.82) is 0 Å². The van der Waals surface area contributed by atoms with Crippen LogP contribution in [0.3, 0.4) is 0 Å². The Kier molecular flexibility index (Phi) is 5.89. The van der Waals surface area contributed by atoms with E-state index in [-0.39, 0.29) is 11.3 Å². The van der Waals surface area contributed by atoms with Crippen LogP contribution in [0.25, 0.3) is 22.3 Å². The van der Waals surface area contributed by atoms with E-state index in [1.807, 2.05) is 37.3 Å². The van der Waals surface area contributed by atoms with E-state index in [0.29, 0.717) is 29.3 Å². The molecule has 0 saturated heterocycles. The Morgan fingerprint density at radius 3 is 2.59 bits per heavy atom. The fourth-order valence-corrected chi connectivity index (χ4v) is 3.19. The summed E-state index contributed by atoms with van der Waals surface area (Å²) in [6.45, 7) is 1.80. The summed E-state index contributed by atoms with van der Waals surface area (Å²) in [5, 5.41) is 6.99. The van der Waals surface area contributed by atoms with E-state index in [0.717, 1.165) is 17.7 Å². The highest BCUT2D eigenvalue weighted by molar-refractivity contribution is 6.04.